The maximum absolute atomic E-state index is 12.4. The van der Waals surface area contributed by atoms with Crippen molar-refractivity contribution in [2.45, 2.75) is 25.3 Å². The Labute approximate surface area is 110 Å². The van der Waals surface area contributed by atoms with Crippen LogP contribution in [-0.4, -0.2) is 28.6 Å². The molecule has 0 N–H and O–H groups in total. The van der Waals surface area contributed by atoms with Gasteiger partial charge in [0.25, 0.3) is 0 Å². The van der Waals surface area contributed by atoms with Gasteiger partial charge in [0.05, 0.1) is 15.0 Å². The molecule has 0 radical (unpaired) electrons. The van der Waals surface area contributed by atoms with Gasteiger partial charge in [0.15, 0.2) is 0 Å². The third-order valence-electron chi connectivity index (χ3n) is 2.48. The van der Waals surface area contributed by atoms with E-state index in [1.807, 2.05) is 0 Å². The van der Waals surface area contributed by atoms with Gasteiger partial charge in [-0.25, -0.2) is 4.21 Å². The van der Waals surface area contributed by atoms with Crippen molar-refractivity contribution in [1.29, 1.82) is 5.26 Å². The van der Waals surface area contributed by atoms with Gasteiger partial charge >= 0.3 is 6.18 Å². The lowest BCUT2D eigenvalue weighted by molar-refractivity contribution is -0.0922. The zero-order valence-corrected chi connectivity index (χ0v) is 11.5. The molecule has 0 aromatic rings. The van der Waals surface area contributed by atoms with E-state index in [9.17, 15) is 17.4 Å². The molecular weight excluding hydrogens is 279 g/mol. The second-order valence-corrected chi connectivity index (χ2v) is 6.42. The van der Waals surface area contributed by atoms with Crippen molar-refractivity contribution in [3.63, 3.8) is 0 Å². The van der Waals surface area contributed by atoms with Gasteiger partial charge in [-0.2, -0.15) is 18.4 Å². The van der Waals surface area contributed by atoms with Crippen molar-refractivity contribution >= 4 is 16.4 Å². The molecule has 0 bridgehead atoms. The molecule has 0 spiro atoms. The number of allylic oxidation sites excluding steroid dienone is 3. The zero-order chi connectivity index (χ0) is 15.3. The highest BCUT2D eigenvalue weighted by Gasteiger charge is 2.32. The Morgan fingerprint density at radius 3 is 2.37 bits per heavy atom. The van der Waals surface area contributed by atoms with Crippen molar-refractivity contribution in [2.75, 3.05) is 6.26 Å². The number of halogens is 3. The lowest BCUT2D eigenvalue weighted by atomic mass is 10.2. The number of alkyl halides is 3. The fourth-order valence-electron chi connectivity index (χ4n) is 1.09. The minimum absolute atomic E-state index is 0.400. The van der Waals surface area contributed by atoms with Crippen LogP contribution in [0.2, 0.25) is 0 Å². The van der Waals surface area contributed by atoms with E-state index in [4.69, 9.17) is 5.26 Å². The Kier molecular flexibility index (Phi) is 5.96. The monoisotopic (exact) mass is 293 g/mol. The van der Waals surface area contributed by atoms with Crippen LogP contribution >= 0.6 is 0 Å². The number of nitriles is 1. The molecular formula is C11H14F3N3OS. The molecule has 4 nitrogen and oxygen atoms in total. The molecule has 2 atom stereocenters. The van der Waals surface area contributed by atoms with Gasteiger partial charge in [-0.05, 0) is 26.6 Å². The third-order valence-corrected chi connectivity index (χ3v) is 4.61. The first kappa shape index (κ1) is 17.4. The summed E-state index contributed by atoms with van der Waals surface area (Å²) in [6.07, 6.45) is 0.0295. The first-order valence-electron chi connectivity index (χ1n) is 5.07. The van der Waals surface area contributed by atoms with Crippen LogP contribution in [0.5, 0.6) is 0 Å². The van der Waals surface area contributed by atoms with Crippen LogP contribution in [0.1, 0.15) is 13.8 Å². The standard InChI is InChI=1S/C11H14F3N3OS/c1-8(9(2)19(4,18)17-7-15)5-6-10(16-3)11(12,13)14/h5-6,9H,3H2,1-2,4H3/b8-5+,10-6-. The Balaban J connectivity index is 5.42. The summed E-state index contributed by atoms with van der Waals surface area (Å²) in [7, 11) is -2.81. The summed E-state index contributed by atoms with van der Waals surface area (Å²) in [6.45, 7) is 5.88. The fraction of sp³-hybridized carbons (Fsp3) is 0.455. The summed E-state index contributed by atoms with van der Waals surface area (Å²) in [5.41, 5.74) is -0.740. The lowest BCUT2D eigenvalue weighted by Gasteiger charge is -2.12. The Hall–Kier alpha value is -1.62. The van der Waals surface area contributed by atoms with E-state index >= 15 is 0 Å². The van der Waals surface area contributed by atoms with E-state index in [1.54, 1.807) is 0 Å². The van der Waals surface area contributed by atoms with Gasteiger partial charge in [0.1, 0.15) is 5.70 Å². The molecule has 0 rings (SSSR count). The molecule has 0 aliphatic carbocycles. The second kappa shape index (κ2) is 6.52. The molecule has 19 heavy (non-hydrogen) atoms. The predicted molar refractivity (Wildman–Crippen MR) is 69.0 cm³/mol. The maximum Gasteiger partial charge on any atom is 0.433 e. The summed E-state index contributed by atoms with van der Waals surface area (Å²) >= 11 is 0. The molecule has 0 amide bonds. The van der Waals surface area contributed by atoms with Crippen molar-refractivity contribution in [3.8, 4) is 6.19 Å². The van der Waals surface area contributed by atoms with Crippen LogP contribution < -0.4 is 0 Å². The topological polar surface area (TPSA) is 65.6 Å². The van der Waals surface area contributed by atoms with E-state index in [-0.39, 0.29) is 0 Å². The highest BCUT2D eigenvalue weighted by atomic mass is 32.2. The van der Waals surface area contributed by atoms with Crippen LogP contribution in [0.25, 0.3) is 0 Å². The molecule has 0 fully saturated rings. The van der Waals surface area contributed by atoms with Gasteiger partial charge < -0.3 is 0 Å². The van der Waals surface area contributed by atoms with E-state index in [0.717, 1.165) is 12.2 Å². The number of hydrogen-bond donors (Lipinski definition) is 0. The van der Waals surface area contributed by atoms with Gasteiger partial charge in [-0.1, -0.05) is 11.6 Å². The summed E-state index contributed by atoms with van der Waals surface area (Å²) in [5, 5.41) is 7.75. The van der Waals surface area contributed by atoms with Gasteiger partial charge in [0.2, 0.25) is 6.19 Å². The van der Waals surface area contributed by atoms with Crippen LogP contribution in [0.4, 0.5) is 13.2 Å². The largest absolute Gasteiger partial charge is 0.433 e. The predicted octanol–water partition coefficient (Wildman–Crippen LogP) is 3.05. The number of hydrogen-bond acceptors (Lipinski definition) is 4. The number of aliphatic imine (C=N–C) groups is 1. The molecule has 0 aliphatic rings. The highest BCUT2D eigenvalue weighted by molar-refractivity contribution is 7.93. The summed E-state index contributed by atoms with van der Waals surface area (Å²) in [5.74, 6) is 0. The van der Waals surface area contributed by atoms with Crippen LogP contribution in [0, 0.1) is 11.5 Å². The molecule has 0 aromatic heterocycles. The van der Waals surface area contributed by atoms with Gasteiger partial charge in [0, 0.05) is 6.26 Å². The van der Waals surface area contributed by atoms with E-state index < -0.39 is 26.9 Å². The molecule has 0 saturated heterocycles. The minimum atomic E-state index is -4.59. The van der Waals surface area contributed by atoms with Crippen LogP contribution in [-0.2, 0) is 9.73 Å². The molecule has 0 saturated carbocycles. The highest BCUT2D eigenvalue weighted by Crippen LogP contribution is 2.26. The quantitative estimate of drug-likeness (QED) is 0.454. The molecule has 0 aliphatic heterocycles. The Bertz CT molecular complexity index is 561. The molecule has 106 valence electrons. The SMILES string of the molecule is C=N/C(=C\C=C(/C)C(C)S(C)(=O)=NC#N)C(F)(F)F. The zero-order valence-electron chi connectivity index (χ0n) is 10.7. The smallest absolute Gasteiger partial charge is 0.260 e. The average Bonchev–Trinajstić information content (AvgIpc) is 2.26. The van der Waals surface area contributed by atoms with Gasteiger partial charge in [-0.3, -0.25) is 4.99 Å². The molecule has 8 heteroatoms. The van der Waals surface area contributed by atoms with E-state index in [0.29, 0.717) is 5.57 Å². The molecule has 0 heterocycles. The van der Waals surface area contributed by atoms with Gasteiger partial charge in [-0.15, -0.1) is 4.36 Å². The van der Waals surface area contributed by atoms with Crippen molar-refractivity contribution in [3.05, 3.63) is 23.4 Å². The van der Waals surface area contributed by atoms with Crippen LogP contribution in [0.3, 0.4) is 0 Å². The average molecular weight is 293 g/mol. The summed E-state index contributed by atoms with van der Waals surface area (Å²) in [4.78, 5) is 2.88. The first-order valence-corrected chi connectivity index (χ1v) is 7.06. The Morgan fingerprint density at radius 2 is 2.00 bits per heavy atom. The van der Waals surface area contributed by atoms with Crippen molar-refractivity contribution in [1.82, 2.24) is 0 Å². The lowest BCUT2D eigenvalue weighted by Crippen LogP contribution is -2.17. The maximum atomic E-state index is 12.4. The first-order chi connectivity index (χ1) is 8.56. The summed E-state index contributed by atoms with van der Waals surface area (Å²) in [6, 6.07) is 0. The number of nitrogens with zero attached hydrogens (tertiary/aromatic N) is 3. The van der Waals surface area contributed by atoms with Crippen molar-refractivity contribution in [2.24, 2.45) is 9.36 Å². The van der Waals surface area contributed by atoms with E-state index in [2.05, 4.69) is 16.1 Å². The summed E-state index contributed by atoms with van der Waals surface area (Å²) < 4.78 is 52.3. The molecule has 2 unspecified atom stereocenters. The second-order valence-electron chi connectivity index (χ2n) is 3.81. The third kappa shape index (κ3) is 5.26. The van der Waals surface area contributed by atoms with E-state index in [1.165, 1.54) is 26.3 Å². The van der Waals surface area contributed by atoms with Crippen molar-refractivity contribution < 1.29 is 17.4 Å². The molecule has 0 aromatic carbocycles. The normalized spacial score (nSPS) is 18.2. The minimum Gasteiger partial charge on any atom is -0.260 e. The Morgan fingerprint density at radius 1 is 1.47 bits per heavy atom. The van der Waals surface area contributed by atoms with Crippen LogP contribution in [0.15, 0.2) is 32.8 Å². The fourth-order valence-corrected chi connectivity index (χ4v) is 2.18. The number of rotatable bonds is 4.